The van der Waals surface area contributed by atoms with Crippen molar-refractivity contribution in [3.8, 4) is 5.75 Å². The molecule has 0 saturated carbocycles. The first-order valence-electron chi connectivity index (χ1n) is 6.43. The van der Waals surface area contributed by atoms with Crippen LogP contribution < -0.4 is 5.32 Å². The fraction of sp³-hybridized carbons (Fsp3) is 0. The molecule has 0 bridgehead atoms. The third kappa shape index (κ3) is 2.62. The second-order valence-electron chi connectivity index (χ2n) is 4.61. The van der Waals surface area contributed by atoms with Crippen LogP contribution in [0.5, 0.6) is 5.75 Å². The molecule has 0 atom stereocenters. The zero-order chi connectivity index (χ0) is 14.8. The average Bonchev–Trinajstić information content (AvgIpc) is 2.50. The van der Waals surface area contributed by atoms with Crippen molar-refractivity contribution in [2.24, 2.45) is 0 Å². The Morgan fingerprint density at radius 2 is 1.67 bits per heavy atom. The topological polar surface area (TPSA) is 49.3 Å². The molecule has 0 spiro atoms. The first-order chi connectivity index (χ1) is 10.2. The Labute approximate surface area is 130 Å². The Balaban J connectivity index is 2.04. The highest BCUT2D eigenvalue weighted by Crippen LogP contribution is 2.33. The second-order valence-corrected chi connectivity index (χ2v) is 5.47. The monoisotopic (exact) mass is 341 g/mol. The summed E-state index contributed by atoms with van der Waals surface area (Å²) in [6, 6.07) is 18.2. The van der Waals surface area contributed by atoms with E-state index in [9.17, 15) is 9.90 Å². The first-order valence-corrected chi connectivity index (χ1v) is 7.23. The fourth-order valence-corrected chi connectivity index (χ4v) is 2.68. The van der Waals surface area contributed by atoms with Crippen LogP contribution >= 0.6 is 15.9 Å². The van der Waals surface area contributed by atoms with Crippen molar-refractivity contribution in [3.05, 3.63) is 70.7 Å². The van der Waals surface area contributed by atoms with E-state index in [2.05, 4.69) is 21.2 Å². The summed E-state index contributed by atoms with van der Waals surface area (Å²) < 4.78 is 0.710. The van der Waals surface area contributed by atoms with Gasteiger partial charge in [-0.25, -0.2) is 0 Å². The van der Waals surface area contributed by atoms with Gasteiger partial charge < -0.3 is 10.4 Å². The van der Waals surface area contributed by atoms with Gasteiger partial charge in [-0.1, -0.05) is 42.5 Å². The van der Waals surface area contributed by atoms with Gasteiger partial charge in [0.15, 0.2) is 0 Å². The molecule has 4 heteroatoms. The summed E-state index contributed by atoms with van der Waals surface area (Å²) in [5.41, 5.74) is 0.943. The summed E-state index contributed by atoms with van der Waals surface area (Å²) in [5.74, 6) is -0.219. The van der Waals surface area contributed by atoms with E-state index in [1.807, 2.05) is 36.4 Å². The highest BCUT2D eigenvalue weighted by Gasteiger charge is 2.13. The Bertz CT molecular complexity index is 830. The fourth-order valence-electron chi connectivity index (χ4n) is 2.22. The predicted molar refractivity (Wildman–Crippen MR) is 87.7 cm³/mol. The van der Waals surface area contributed by atoms with E-state index in [4.69, 9.17) is 0 Å². The van der Waals surface area contributed by atoms with Gasteiger partial charge in [0, 0.05) is 9.86 Å². The normalized spacial score (nSPS) is 10.5. The molecule has 0 radical (unpaired) electrons. The number of carbonyl (C=O) groups excluding carboxylic acids is 1. The number of phenols is 1. The van der Waals surface area contributed by atoms with Crippen molar-refractivity contribution in [3.63, 3.8) is 0 Å². The Morgan fingerprint density at radius 1 is 0.952 bits per heavy atom. The van der Waals surface area contributed by atoms with Gasteiger partial charge in [0.2, 0.25) is 0 Å². The molecular formula is C17H12BrNO2. The largest absolute Gasteiger partial charge is 0.506 e. The Morgan fingerprint density at radius 3 is 2.48 bits per heavy atom. The van der Waals surface area contributed by atoms with E-state index in [1.54, 1.807) is 24.3 Å². The molecule has 3 rings (SSSR count). The van der Waals surface area contributed by atoms with Crippen molar-refractivity contribution >= 4 is 38.3 Å². The molecule has 2 N–H and O–H groups in total. The number of nitrogens with one attached hydrogen (secondary N) is 1. The molecule has 0 unspecified atom stereocenters. The number of anilines is 1. The summed E-state index contributed by atoms with van der Waals surface area (Å²) in [6.07, 6.45) is 0. The molecule has 0 aromatic heterocycles. The van der Waals surface area contributed by atoms with Gasteiger partial charge in [0.1, 0.15) is 5.75 Å². The summed E-state index contributed by atoms with van der Waals surface area (Å²) in [6.45, 7) is 0. The van der Waals surface area contributed by atoms with Crippen LogP contribution in [0.25, 0.3) is 10.8 Å². The number of benzene rings is 3. The standard InChI is InChI=1S/C17H12BrNO2/c18-14-8-4-3-7-13(14)17(21)19-16-12-6-2-1-5-11(12)9-10-15(16)20/h1-10,20H,(H,19,21). The van der Waals surface area contributed by atoms with Crippen LogP contribution in [0.15, 0.2) is 65.1 Å². The minimum atomic E-state index is -0.269. The van der Waals surface area contributed by atoms with Gasteiger partial charge in [-0.3, -0.25) is 4.79 Å². The van der Waals surface area contributed by atoms with Crippen LogP contribution in [-0.2, 0) is 0 Å². The van der Waals surface area contributed by atoms with Crippen molar-refractivity contribution in [2.75, 3.05) is 5.32 Å². The number of hydrogen-bond donors (Lipinski definition) is 2. The number of amides is 1. The molecular weight excluding hydrogens is 330 g/mol. The van der Waals surface area contributed by atoms with E-state index >= 15 is 0 Å². The van der Waals surface area contributed by atoms with Gasteiger partial charge in [0.25, 0.3) is 5.91 Å². The van der Waals surface area contributed by atoms with Crippen LogP contribution in [0.1, 0.15) is 10.4 Å². The van der Waals surface area contributed by atoms with E-state index < -0.39 is 0 Å². The third-order valence-corrected chi connectivity index (χ3v) is 3.96. The third-order valence-electron chi connectivity index (χ3n) is 3.26. The average molecular weight is 342 g/mol. The van der Waals surface area contributed by atoms with Crippen LogP contribution in [-0.4, -0.2) is 11.0 Å². The van der Waals surface area contributed by atoms with Crippen LogP contribution in [0.3, 0.4) is 0 Å². The number of halogens is 1. The molecule has 104 valence electrons. The number of carbonyl (C=O) groups is 1. The molecule has 3 nitrogen and oxygen atoms in total. The molecule has 0 aliphatic heterocycles. The second kappa shape index (κ2) is 5.58. The molecule has 0 aliphatic rings. The number of fused-ring (bicyclic) bond motifs is 1. The minimum absolute atomic E-state index is 0.0501. The van der Waals surface area contributed by atoms with Gasteiger partial charge >= 0.3 is 0 Å². The van der Waals surface area contributed by atoms with E-state index in [0.29, 0.717) is 15.7 Å². The van der Waals surface area contributed by atoms with Gasteiger partial charge in [-0.15, -0.1) is 0 Å². The number of rotatable bonds is 2. The van der Waals surface area contributed by atoms with E-state index in [0.717, 1.165) is 10.8 Å². The lowest BCUT2D eigenvalue weighted by Gasteiger charge is -2.11. The maximum Gasteiger partial charge on any atom is 0.256 e. The van der Waals surface area contributed by atoms with Gasteiger partial charge in [-0.05, 0) is 39.5 Å². The Kier molecular flexibility index (Phi) is 3.62. The molecule has 0 saturated heterocycles. The zero-order valence-corrected chi connectivity index (χ0v) is 12.6. The molecule has 3 aromatic carbocycles. The summed E-state index contributed by atoms with van der Waals surface area (Å²) in [4.78, 5) is 12.4. The molecule has 21 heavy (non-hydrogen) atoms. The maximum atomic E-state index is 12.4. The van der Waals surface area contributed by atoms with E-state index in [1.165, 1.54) is 0 Å². The molecule has 1 amide bonds. The summed E-state index contributed by atoms with van der Waals surface area (Å²) >= 11 is 3.36. The zero-order valence-electron chi connectivity index (χ0n) is 11.0. The van der Waals surface area contributed by atoms with Crippen molar-refractivity contribution < 1.29 is 9.90 Å². The lowest BCUT2D eigenvalue weighted by atomic mass is 10.1. The molecule has 0 aliphatic carbocycles. The highest BCUT2D eigenvalue weighted by molar-refractivity contribution is 9.10. The number of aromatic hydroxyl groups is 1. The SMILES string of the molecule is O=C(Nc1c(O)ccc2ccccc12)c1ccccc1Br. The van der Waals surface area contributed by atoms with Crippen molar-refractivity contribution in [2.45, 2.75) is 0 Å². The summed E-state index contributed by atoms with van der Waals surface area (Å²) in [7, 11) is 0. The van der Waals surface area contributed by atoms with Crippen molar-refractivity contribution in [1.29, 1.82) is 0 Å². The van der Waals surface area contributed by atoms with Crippen LogP contribution in [0.4, 0.5) is 5.69 Å². The molecule has 0 heterocycles. The van der Waals surface area contributed by atoms with Crippen molar-refractivity contribution in [1.82, 2.24) is 0 Å². The van der Waals surface area contributed by atoms with E-state index in [-0.39, 0.29) is 11.7 Å². The lowest BCUT2D eigenvalue weighted by Crippen LogP contribution is -2.12. The maximum absolute atomic E-state index is 12.4. The first kappa shape index (κ1) is 13.6. The van der Waals surface area contributed by atoms with Crippen LogP contribution in [0, 0.1) is 0 Å². The number of phenolic OH excluding ortho intramolecular Hbond substituents is 1. The highest BCUT2D eigenvalue weighted by atomic mass is 79.9. The number of hydrogen-bond acceptors (Lipinski definition) is 2. The van der Waals surface area contributed by atoms with Crippen LogP contribution in [0.2, 0.25) is 0 Å². The van der Waals surface area contributed by atoms with Gasteiger partial charge in [-0.2, -0.15) is 0 Å². The van der Waals surface area contributed by atoms with Gasteiger partial charge in [0.05, 0.1) is 11.3 Å². The Hall–Kier alpha value is -2.33. The summed E-state index contributed by atoms with van der Waals surface area (Å²) in [5, 5.41) is 14.6. The smallest absolute Gasteiger partial charge is 0.256 e. The minimum Gasteiger partial charge on any atom is -0.506 e. The molecule has 3 aromatic rings. The molecule has 0 fully saturated rings. The quantitative estimate of drug-likeness (QED) is 0.671. The lowest BCUT2D eigenvalue weighted by molar-refractivity contribution is 0.102. The predicted octanol–water partition coefficient (Wildman–Crippen LogP) is 4.56.